The van der Waals surface area contributed by atoms with Gasteiger partial charge >= 0.3 is 0 Å². The molecule has 0 unspecified atom stereocenters. The van der Waals surface area contributed by atoms with Gasteiger partial charge in [-0.1, -0.05) is 77.9 Å². The molecule has 2 nitrogen and oxygen atoms in total. The standard InChI is InChI=1S/C22H19NO/c1-16-8-12-18(13-9-16)21(23-20-6-4-3-5-7-20)22(24)19-14-10-17(2)11-15-19/h3-15H,1-2H3. The molecule has 2 heteroatoms. The quantitative estimate of drug-likeness (QED) is 0.474. The number of rotatable bonds is 4. The Morgan fingerprint density at radius 1 is 0.667 bits per heavy atom. The first-order chi connectivity index (χ1) is 11.6. The average molecular weight is 313 g/mol. The van der Waals surface area contributed by atoms with Crippen LogP contribution in [0, 0.1) is 13.8 Å². The van der Waals surface area contributed by atoms with E-state index in [1.54, 1.807) is 0 Å². The van der Waals surface area contributed by atoms with E-state index in [1.165, 1.54) is 0 Å². The van der Waals surface area contributed by atoms with Crippen LogP contribution in [-0.2, 0) is 0 Å². The lowest BCUT2D eigenvalue weighted by Gasteiger charge is -2.08. The highest BCUT2D eigenvalue weighted by Crippen LogP contribution is 2.17. The zero-order valence-corrected chi connectivity index (χ0v) is 13.9. The van der Waals surface area contributed by atoms with Crippen LogP contribution in [0.15, 0.2) is 83.9 Å². The highest BCUT2D eigenvalue weighted by Gasteiger charge is 2.16. The molecule has 0 atom stereocenters. The lowest BCUT2D eigenvalue weighted by molar-refractivity contribution is 0.106. The minimum atomic E-state index is -0.0669. The molecule has 0 spiro atoms. The van der Waals surface area contributed by atoms with E-state index in [4.69, 9.17) is 0 Å². The largest absolute Gasteiger partial charge is 0.287 e. The summed E-state index contributed by atoms with van der Waals surface area (Å²) in [5.41, 5.74) is 4.99. The summed E-state index contributed by atoms with van der Waals surface area (Å²) in [5.74, 6) is -0.0669. The van der Waals surface area contributed by atoms with E-state index in [0.29, 0.717) is 11.3 Å². The van der Waals surface area contributed by atoms with Crippen molar-refractivity contribution in [2.24, 2.45) is 4.99 Å². The molecule has 118 valence electrons. The number of hydrogen-bond donors (Lipinski definition) is 0. The van der Waals surface area contributed by atoms with Crippen molar-refractivity contribution in [1.82, 2.24) is 0 Å². The second-order valence-electron chi connectivity index (χ2n) is 5.86. The molecule has 0 aliphatic carbocycles. The highest BCUT2D eigenvalue weighted by atomic mass is 16.1. The van der Waals surface area contributed by atoms with Gasteiger partial charge in [0, 0.05) is 11.1 Å². The number of hydrogen-bond acceptors (Lipinski definition) is 2. The van der Waals surface area contributed by atoms with Crippen LogP contribution in [0.1, 0.15) is 27.0 Å². The van der Waals surface area contributed by atoms with Crippen LogP contribution in [0.4, 0.5) is 5.69 Å². The van der Waals surface area contributed by atoms with E-state index in [-0.39, 0.29) is 5.78 Å². The zero-order valence-electron chi connectivity index (χ0n) is 13.9. The van der Waals surface area contributed by atoms with Gasteiger partial charge in [-0.05, 0) is 26.0 Å². The predicted octanol–water partition coefficient (Wildman–Crippen LogP) is 5.31. The Morgan fingerprint density at radius 2 is 1.17 bits per heavy atom. The Hall–Kier alpha value is -3.00. The fraction of sp³-hybridized carbons (Fsp3) is 0.0909. The number of benzene rings is 3. The van der Waals surface area contributed by atoms with Crippen LogP contribution in [0.3, 0.4) is 0 Å². The molecule has 3 aromatic rings. The van der Waals surface area contributed by atoms with E-state index < -0.39 is 0 Å². The van der Waals surface area contributed by atoms with E-state index in [2.05, 4.69) is 4.99 Å². The fourth-order valence-corrected chi connectivity index (χ4v) is 2.43. The van der Waals surface area contributed by atoms with Crippen molar-refractivity contribution >= 4 is 17.2 Å². The van der Waals surface area contributed by atoms with E-state index in [9.17, 15) is 4.79 Å². The van der Waals surface area contributed by atoms with Crippen LogP contribution in [0.25, 0.3) is 0 Å². The van der Waals surface area contributed by atoms with Crippen molar-refractivity contribution in [2.45, 2.75) is 13.8 Å². The lowest BCUT2D eigenvalue weighted by Crippen LogP contribution is -2.15. The predicted molar refractivity (Wildman–Crippen MR) is 99.3 cm³/mol. The number of para-hydroxylation sites is 1. The number of Topliss-reactive ketones (excluding diaryl/α,β-unsaturated/α-hetero) is 1. The van der Waals surface area contributed by atoms with Gasteiger partial charge in [-0.15, -0.1) is 0 Å². The summed E-state index contributed by atoms with van der Waals surface area (Å²) < 4.78 is 0. The molecule has 0 fully saturated rings. The lowest BCUT2D eigenvalue weighted by atomic mass is 9.99. The van der Waals surface area contributed by atoms with Crippen LogP contribution in [0.5, 0.6) is 0 Å². The molecule has 0 heterocycles. The number of nitrogens with zero attached hydrogens (tertiary/aromatic N) is 1. The molecule has 0 N–H and O–H groups in total. The van der Waals surface area contributed by atoms with Gasteiger partial charge in [-0.2, -0.15) is 0 Å². The number of aliphatic imine (C=N–C) groups is 1. The van der Waals surface area contributed by atoms with E-state index >= 15 is 0 Å². The summed E-state index contributed by atoms with van der Waals surface area (Å²) >= 11 is 0. The summed E-state index contributed by atoms with van der Waals surface area (Å²) in [6.07, 6.45) is 0. The molecule has 0 saturated carbocycles. The first-order valence-electron chi connectivity index (χ1n) is 7.95. The van der Waals surface area contributed by atoms with Gasteiger partial charge in [0.05, 0.1) is 5.69 Å². The molecule has 3 aromatic carbocycles. The van der Waals surface area contributed by atoms with Crippen molar-refractivity contribution < 1.29 is 4.79 Å². The van der Waals surface area contributed by atoms with Gasteiger partial charge in [0.15, 0.2) is 0 Å². The van der Waals surface area contributed by atoms with E-state index in [1.807, 2.05) is 92.7 Å². The Balaban J connectivity index is 2.07. The molecule has 3 rings (SSSR count). The smallest absolute Gasteiger partial charge is 0.211 e. The van der Waals surface area contributed by atoms with Crippen molar-refractivity contribution in [3.63, 3.8) is 0 Å². The molecule has 24 heavy (non-hydrogen) atoms. The molecule has 0 radical (unpaired) electrons. The van der Waals surface area contributed by atoms with Crippen molar-refractivity contribution in [3.8, 4) is 0 Å². The topological polar surface area (TPSA) is 29.4 Å². The number of aryl methyl sites for hydroxylation is 2. The van der Waals surface area contributed by atoms with Crippen LogP contribution in [-0.4, -0.2) is 11.5 Å². The third-order valence-corrected chi connectivity index (χ3v) is 3.85. The minimum Gasteiger partial charge on any atom is -0.287 e. The van der Waals surface area contributed by atoms with Gasteiger partial charge in [0.1, 0.15) is 5.71 Å². The van der Waals surface area contributed by atoms with Gasteiger partial charge in [-0.3, -0.25) is 4.79 Å². The van der Waals surface area contributed by atoms with Crippen molar-refractivity contribution in [2.75, 3.05) is 0 Å². The van der Waals surface area contributed by atoms with Gasteiger partial charge in [-0.25, -0.2) is 4.99 Å². The molecule has 0 bridgehead atoms. The zero-order chi connectivity index (χ0) is 16.9. The summed E-state index contributed by atoms with van der Waals surface area (Å²) in [5, 5.41) is 0. The van der Waals surface area contributed by atoms with Crippen LogP contribution >= 0.6 is 0 Å². The highest BCUT2D eigenvalue weighted by molar-refractivity contribution is 6.51. The Morgan fingerprint density at radius 3 is 1.71 bits per heavy atom. The maximum atomic E-state index is 13.0. The summed E-state index contributed by atoms with van der Waals surface area (Å²) in [6, 6.07) is 25.1. The van der Waals surface area contributed by atoms with Crippen molar-refractivity contribution in [3.05, 3.63) is 101 Å². The first-order valence-corrected chi connectivity index (χ1v) is 7.95. The van der Waals surface area contributed by atoms with Gasteiger partial charge in [0.25, 0.3) is 0 Å². The average Bonchev–Trinajstić information content (AvgIpc) is 2.62. The Labute approximate surface area is 142 Å². The third-order valence-electron chi connectivity index (χ3n) is 3.85. The maximum Gasteiger partial charge on any atom is 0.211 e. The fourth-order valence-electron chi connectivity index (χ4n) is 2.43. The maximum absolute atomic E-state index is 13.0. The first kappa shape index (κ1) is 15.9. The van der Waals surface area contributed by atoms with Crippen LogP contribution in [0.2, 0.25) is 0 Å². The number of carbonyl (C=O) groups is 1. The molecule has 0 aliphatic rings. The molecular weight excluding hydrogens is 294 g/mol. The Bertz CT molecular complexity index is 860. The monoisotopic (exact) mass is 313 g/mol. The second-order valence-corrected chi connectivity index (χ2v) is 5.86. The van der Waals surface area contributed by atoms with Crippen molar-refractivity contribution in [1.29, 1.82) is 0 Å². The van der Waals surface area contributed by atoms with E-state index in [0.717, 1.165) is 22.4 Å². The second kappa shape index (κ2) is 7.05. The molecule has 0 amide bonds. The molecule has 0 aliphatic heterocycles. The van der Waals surface area contributed by atoms with Gasteiger partial charge in [0.2, 0.25) is 5.78 Å². The summed E-state index contributed by atoms with van der Waals surface area (Å²) in [7, 11) is 0. The molecular formula is C22H19NO. The minimum absolute atomic E-state index is 0.0669. The third kappa shape index (κ3) is 3.66. The molecule has 0 aromatic heterocycles. The van der Waals surface area contributed by atoms with Crippen LogP contribution < -0.4 is 0 Å². The Kier molecular flexibility index (Phi) is 4.66. The summed E-state index contributed by atoms with van der Waals surface area (Å²) in [6.45, 7) is 4.03. The number of carbonyl (C=O) groups excluding carboxylic acids is 1. The normalized spacial score (nSPS) is 11.3. The molecule has 0 saturated heterocycles. The SMILES string of the molecule is Cc1ccc(C(=O)C(=Nc2ccccc2)c2ccc(C)cc2)cc1. The summed E-state index contributed by atoms with van der Waals surface area (Å²) in [4.78, 5) is 17.6. The van der Waals surface area contributed by atoms with Gasteiger partial charge < -0.3 is 0 Å². The number of ketones is 1.